The molecule has 0 radical (unpaired) electrons. The number of aromatic nitrogens is 2. The van der Waals surface area contributed by atoms with Gasteiger partial charge in [-0.3, -0.25) is 0 Å². The van der Waals surface area contributed by atoms with E-state index < -0.39 is 0 Å². The molecule has 1 N–H and O–H groups in total. The first kappa shape index (κ1) is 11.4. The van der Waals surface area contributed by atoms with E-state index in [1.54, 1.807) is 17.5 Å². The van der Waals surface area contributed by atoms with Crippen LogP contribution >= 0.6 is 0 Å². The molecule has 0 spiro atoms. The highest BCUT2D eigenvalue weighted by Crippen LogP contribution is 2.34. The summed E-state index contributed by atoms with van der Waals surface area (Å²) in [7, 11) is 0. The van der Waals surface area contributed by atoms with E-state index in [4.69, 9.17) is 0 Å². The third-order valence-corrected chi connectivity index (χ3v) is 3.81. The molecule has 1 atom stereocenters. The minimum atomic E-state index is 0.825. The molecule has 0 fully saturated rings. The van der Waals surface area contributed by atoms with Crippen molar-refractivity contribution in [1.29, 1.82) is 0 Å². The highest BCUT2D eigenvalue weighted by molar-refractivity contribution is 5.18. The predicted molar refractivity (Wildman–Crippen MR) is 67.2 cm³/mol. The lowest BCUT2D eigenvalue weighted by atomic mass is 9.80. The molecule has 1 heterocycles. The van der Waals surface area contributed by atoms with Gasteiger partial charge < -0.3 is 4.98 Å². The number of allylic oxidation sites excluding steroid dienone is 2. The summed E-state index contributed by atoms with van der Waals surface area (Å²) < 4.78 is 0. The van der Waals surface area contributed by atoms with Crippen LogP contribution in [0.2, 0.25) is 0 Å². The third kappa shape index (κ3) is 2.55. The fourth-order valence-electron chi connectivity index (χ4n) is 2.85. The zero-order valence-corrected chi connectivity index (χ0v) is 10.4. The smallest absolute Gasteiger partial charge is 0.0921 e. The van der Waals surface area contributed by atoms with Crippen LogP contribution in [0.25, 0.3) is 0 Å². The van der Waals surface area contributed by atoms with Gasteiger partial charge in [0, 0.05) is 11.9 Å². The summed E-state index contributed by atoms with van der Waals surface area (Å²) >= 11 is 0. The molecule has 1 aromatic rings. The Labute approximate surface area is 98.2 Å². The fraction of sp³-hybridized carbons (Fsp3) is 0.643. The second-order valence-electron chi connectivity index (χ2n) is 4.80. The quantitative estimate of drug-likeness (QED) is 0.764. The van der Waals surface area contributed by atoms with Crippen LogP contribution in [-0.4, -0.2) is 9.97 Å². The summed E-state index contributed by atoms with van der Waals surface area (Å²) in [5.74, 6) is 0.825. The summed E-state index contributed by atoms with van der Waals surface area (Å²) in [6.07, 6.45) is 11.4. The minimum absolute atomic E-state index is 0.825. The molecule has 0 amide bonds. The van der Waals surface area contributed by atoms with E-state index in [0.717, 1.165) is 5.92 Å². The van der Waals surface area contributed by atoms with Crippen LogP contribution in [0.3, 0.4) is 0 Å². The van der Waals surface area contributed by atoms with Crippen LogP contribution in [0, 0.1) is 5.92 Å². The molecule has 0 aliphatic heterocycles. The summed E-state index contributed by atoms with van der Waals surface area (Å²) in [6.45, 7) is 4.59. The molecule has 88 valence electrons. The van der Waals surface area contributed by atoms with Crippen LogP contribution in [0.5, 0.6) is 0 Å². The standard InChI is InChI=1S/C14H22N2/c1-3-12-6-5-11(7-13(12)4-2)8-14-9-15-10-16-14/h9-11H,3-8H2,1-2H3,(H,15,16). The largest absolute Gasteiger partial charge is 0.348 e. The number of rotatable bonds is 4. The topological polar surface area (TPSA) is 28.7 Å². The van der Waals surface area contributed by atoms with Crippen molar-refractivity contribution in [2.75, 3.05) is 0 Å². The van der Waals surface area contributed by atoms with Crippen molar-refractivity contribution in [3.05, 3.63) is 29.4 Å². The molecule has 2 rings (SSSR count). The first-order valence-electron chi connectivity index (χ1n) is 6.50. The number of nitrogens with zero attached hydrogens (tertiary/aromatic N) is 1. The second kappa shape index (κ2) is 5.33. The van der Waals surface area contributed by atoms with Gasteiger partial charge in [0.25, 0.3) is 0 Å². The van der Waals surface area contributed by atoms with Crippen molar-refractivity contribution >= 4 is 0 Å². The number of aromatic amines is 1. The summed E-state index contributed by atoms with van der Waals surface area (Å²) in [6, 6.07) is 0. The van der Waals surface area contributed by atoms with E-state index in [9.17, 15) is 0 Å². The Balaban J connectivity index is 1.98. The molecular weight excluding hydrogens is 196 g/mol. The van der Waals surface area contributed by atoms with Gasteiger partial charge >= 0.3 is 0 Å². The summed E-state index contributed by atoms with van der Waals surface area (Å²) in [5.41, 5.74) is 4.74. The lowest BCUT2D eigenvalue weighted by Gasteiger charge is -2.26. The zero-order chi connectivity index (χ0) is 11.4. The minimum Gasteiger partial charge on any atom is -0.348 e. The van der Waals surface area contributed by atoms with Crippen LogP contribution in [0.1, 0.15) is 51.6 Å². The molecule has 1 unspecified atom stereocenters. The van der Waals surface area contributed by atoms with Crippen molar-refractivity contribution in [1.82, 2.24) is 9.97 Å². The van der Waals surface area contributed by atoms with Crippen molar-refractivity contribution in [2.45, 2.75) is 52.4 Å². The molecule has 0 bridgehead atoms. The van der Waals surface area contributed by atoms with Gasteiger partial charge in [0.2, 0.25) is 0 Å². The van der Waals surface area contributed by atoms with E-state index in [1.165, 1.54) is 44.2 Å². The fourth-order valence-corrected chi connectivity index (χ4v) is 2.85. The van der Waals surface area contributed by atoms with E-state index in [0.29, 0.717) is 0 Å². The molecule has 2 heteroatoms. The van der Waals surface area contributed by atoms with Gasteiger partial charge in [-0.1, -0.05) is 25.0 Å². The van der Waals surface area contributed by atoms with Crippen LogP contribution in [0.4, 0.5) is 0 Å². The highest BCUT2D eigenvalue weighted by atomic mass is 14.9. The molecule has 1 aromatic heterocycles. The van der Waals surface area contributed by atoms with Gasteiger partial charge in [0.15, 0.2) is 0 Å². The van der Waals surface area contributed by atoms with Gasteiger partial charge in [-0.25, -0.2) is 4.98 Å². The number of imidazole rings is 1. The van der Waals surface area contributed by atoms with E-state index in [2.05, 4.69) is 23.8 Å². The van der Waals surface area contributed by atoms with E-state index in [-0.39, 0.29) is 0 Å². The lowest BCUT2D eigenvalue weighted by molar-refractivity contribution is 0.438. The van der Waals surface area contributed by atoms with Crippen LogP contribution in [0.15, 0.2) is 23.7 Å². The average molecular weight is 218 g/mol. The van der Waals surface area contributed by atoms with Gasteiger partial charge in [-0.2, -0.15) is 0 Å². The van der Waals surface area contributed by atoms with Gasteiger partial charge in [-0.15, -0.1) is 0 Å². The predicted octanol–water partition coefficient (Wildman–Crippen LogP) is 3.87. The van der Waals surface area contributed by atoms with Crippen LogP contribution < -0.4 is 0 Å². The molecule has 2 nitrogen and oxygen atoms in total. The van der Waals surface area contributed by atoms with Crippen molar-refractivity contribution in [2.24, 2.45) is 5.92 Å². The summed E-state index contributed by atoms with van der Waals surface area (Å²) in [4.78, 5) is 7.31. The molecule has 1 aliphatic rings. The third-order valence-electron chi connectivity index (χ3n) is 3.81. The monoisotopic (exact) mass is 218 g/mol. The zero-order valence-electron chi connectivity index (χ0n) is 10.4. The molecule has 16 heavy (non-hydrogen) atoms. The first-order valence-corrected chi connectivity index (χ1v) is 6.50. The maximum Gasteiger partial charge on any atom is 0.0921 e. The normalized spacial score (nSPS) is 21.5. The SMILES string of the molecule is CCC1=C(CC)CC(Cc2cnc[nH]2)CC1. The Kier molecular flexibility index (Phi) is 3.81. The molecule has 0 aromatic carbocycles. The van der Waals surface area contributed by atoms with Gasteiger partial charge in [0.05, 0.1) is 6.33 Å². The van der Waals surface area contributed by atoms with Crippen molar-refractivity contribution < 1.29 is 0 Å². The number of nitrogens with one attached hydrogen (secondary N) is 1. The number of H-pyrrole nitrogens is 1. The Morgan fingerprint density at radius 2 is 2.12 bits per heavy atom. The molecular formula is C14H22N2. The number of hydrogen-bond acceptors (Lipinski definition) is 1. The van der Waals surface area contributed by atoms with Crippen LogP contribution in [-0.2, 0) is 6.42 Å². The maximum atomic E-state index is 4.09. The lowest BCUT2D eigenvalue weighted by Crippen LogP contribution is -2.13. The van der Waals surface area contributed by atoms with Gasteiger partial charge in [0.1, 0.15) is 0 Å². The Bertz CT molecular complexity index is 349. The highest BCUT2D eigenvalue weighted by Gasteiger charge is 2.19. The molecule has 0 saturated carbocycles. The first-order chi connectivity index (χ1) is 7.83. The Morgan fingerprint density at radius 3 is 2.75 bits per heavy atom. The molecule has 0 saturated heterocycles. The van der Waals surface area contributed by atoms with Gasteiger partial charge in [-0.05, 0) is 44.4 Å². The summed E-state index contributed by atoms with van der Waals surface area (Å²) in [5, 5.41) is 0. The number of hydrogen-bond donors (Lipinski definition) is 1. The average Bonchev–Trinajstić information content (AvgIpc) is 2.81. The Hall–Kier alpha value is -1.05. The van der Waals surface area contributed by atoms with Crippen molar-refractivity contribution in [3.8, 4) is 0 Å². The van der Waals surface area contributed by atoms with Crippen molar-refractivity contribution in [3.63, 3.8) is 0 Å². The van der Waals surface area contributed by atoms with E-state index in [1.807, 2.05) is 6.20 Å². The maximum absolute atomic E-state index is 4.09. The second-order valence-corrected chi connectivity index (χ2v) is 4.80. The molecule has 1 aliphatic carbocycles. The Morgan fingerprint density at radius 1 is 1.31 bits per heavy atom. The van der Waals surface area contributed by atoms with E-state index >= 15 is 0 Å².